The Balaban J connectivity index is 1.40. The van der Waals surface area contributed by atoms with Crippen LogP contribution in [0.5, 0.6) is 5.75 Å². The summed E-state index contributed by atoms with van der Waals surface area (Å²) in [5, 5.41) is 0.930. The van der Waals surface area contributed by atoms with E-state index >= 15 is 0 Å². The Hall–Kier alpha value is -2.80. The zero-order chi connectivity index (χ0) is 21.3. The van der Waals surface area contributed by atoms with Gasteiger partial charge in [0.25, 0.3) is 5.91 Å². The lowest BCUT2D eigenvalue weighted by atomic mass is 10.1. The highest BCUT2D eigenvalue weighted by atomic mass is 79.9. The second kappa shape index (κ2) is 8.52. The Kier molecular flexibility index (Phi) is 5.81. The summed E-state index contributed by atoms with van der Waals surface area (Å²) in [5.74, 6) is 1.04. The van der Waals surface area contributed by atoms with Crippen molar-refractivity contribution in [1.29, 1.82) is 0 Å². The molecule has 0 unspecified atom stereocenters. The molecule has 1 fully saturated rings. The number of methoxy groups -OCH3 is 1. The van der Waals surface area contributed by atoms with Crippen LogP contribution in [0.2, 0.25) is 0 Å². The first-order chi connectivity index (χ1) is 14.5. The molecule has 6 nitrogen and oxygen atoms in total. The van der Waals surface area contributed by atoms with Gasteiger partial charge in [0.2, 0.25) is 5.91 Å². The minimum Gasteiger partial charge on any atom is -0.497 e. The summed E-state index contributed by atoms with van der Waals surface area (Å²) in [7, 11) is 1.61. The number of hydrogen-bond acceptors (Lipinski definition) is 4. The van der Waals surface area contributed by atoms with Gasteiger partial charge in [-0.15, -0.1) is 0 Å². The molecule has 1 aliphatic rings. The van der Waals surface area contributed by atoms with Crippen molar-refractivity contribution in [2.45, 2.75) is 13.3 Å². The van der Waals surface area contributed by atoms with Gasteiger partial charge in [-0.1, -0.05) is 28.1 Å². The molecular formula is C23H23BrN2O4. The number of furan rings is 1. The fraction of sp³-hybridized carbons (Fsp3) is 0.304. The van der Waals surface area contributed by atoms with E-state index in [1.807, 2.05) is 54.3 Å². The van der Waals surface area contributed by atoms with Crippen LogP contribution in [-0.2, 0) is 11.2 Å². The van der Waals surface area contributed by atoms with Crippen molar-refractivity contribution in [1.82, 2.24) is 9.80 Å². The fourth-order valence-electron chi connectivity index (χ4n) is 3.77. The number of rotatable bonds is 4. The maximum absolute atomic E-state index is 13.0. The number of halogens is 1. The zero-order valence-electron chi connectivity index (χ0n) is 17.0. The summed E-state index contributed by atoms with van der Waals surface area (Å²) in [6, 6.07) is 13.2. The number of carbonyl (C=O) groups is 2. The lowest BCUT2D eigenvalue weighted by Crippen LogP contribution is -2.51. The molecule has 0 atom stereocenters. The number of ether oxygens (including phenoxy) is 1. The number of aryl methyl sites for hydroxylation is 1. The topological polar surface area (TPSA) is 63.0 Å². The smallest absolute Gasteiger partial charge is 0.290 e. The van der Waals surface area contributed by atoms with E-state index in [2.05, 4.69) is 15.9 Å². The minimum absolute atomic E-state index is 0.0557. The lowest BCUT2D eigenvalue weighted by Gasteiger charge is -2.34. The molecule has 0 saturated carbocycles. The van der Waals surface area contributed by atoms with Gasteiger partial charge in [0.05, 0.1) is 13.5 Å². The average molecular weight is 471 g/mol. The quantitative estimate of drug-likeness (QED) is 0.577. The summed E-state index contributed by atoms with van der Waals surface area (Å²) in [6.45, 7) is 3.91. The van der Waals surface area contributed by atoms with E-state index in [1.54, 1.807) is 12.0 Å². The van der Waals surface area contributed by atoms with Gasteiger partial charge in [-0.2, -0.15) is 0 Å². The summed E-state index contributed by atoms with van der Waals surface area (Å²) in [5.41, 5.74) is 2.46. The molecule has 2 amide bonds. The molecule has 156 valence electrons. The van der Waals surface area contributed by atoms with Crippen LogP contribution in [-0.4, -0.2) is 54.9 Å². The van der Waals surface area contributed by atoms with Crippen LogP contribution in [0.1, 0.15) is 21.7 Å². The van der Waals surface area contributed by atoms with Crippen LogP contribution in [0.3, 0.4) is 0 Å². The third kappa shape index (κ3) is 4.07. The van der Waals surface area contributed by atoms with E-state index < -0.39 is 0 Å². The van der Waals surface area contributed by atoms with Gasteiger partial charge in [-0.05, 0) is 42.8 Å². The van der Waals surface area contributed by atoms with E-state index in [9.17, 15) is 9.59 Å². The molecule has 0 bridgehead atoms. The number of piperazine rings is 1. The van der Waals surface area contributed by atoms with Crippen LogP contribution in [0, 0.1) is 6.92 Å². The van der Waals surface area contributed by atoms with E-state index in [-0.39, 0.29) is 11.8 Å². The fourth-order valence-corrected chi connectivity index (χ4v) is 4.13. The van der Waals surface area contributed by atoms with Crippen molar-refractivity contribution >= 4 is 38.7 Å². The molecule has 1 aromatic heterocycles. The molecule has 2 heterocycles. The van der Waals surface area contributed by atoms with Gasteiger partial charge in [0.1, 0.15) is 11.3 Å². The molecule has 0 radical (unpaired) electrons. The zero-order valence-corrected chi connectivity index (χ0v) is 18.6. The first-order valence-electron chi connectivity index (χ1n) is 9.85. The SMILES string of the molecule is COc1cccc(CC(=O)N2CCN(C(=O)c3oc4ccc(Br)cc4c3C)CC2)c1. The van der Waals surface area contributed by atoms with Gasteiger partial charge in [0.15, 0.2) is 5.76 Å². The number of amides is 2. The predicted octanol–water partition coefficient (Wildman–Crippen LogP) is 4.04. The van der Waals surface area contributed by atoms with Crippen molar-refractivity contribution < 1.29 is 18.7 Å². The highest BCUT2D eigenvalue weighted by molar-refractivity contribution is 9.10. The third-order valence-corrected chi connectivity index (χ3v) is 5.99. The number of nitrogens with zero attached hydrogens (tertiary/aromatic N) is 2. The maximum Gasteiger partial charge on any atom is 0.290 e. The van der Waals surface area contributed by atoms with Gasteiger partial charge < -0.3 is 19.0 Å². The number of fused-ring (bicyclic) bond motifs is 1. The Labute approximate surface area is 183 Å². The van der Waals surface area contributed by atoms with Gasteiger partial charge >= 0.3 is 0 Å². The molecule has 0 N–H and O–H groups in total. The molecular weight excluding hydrogens is 448 g/mol. The molecule has 0 spiro atoms. The molecule has 0 aliphatic carbocycles. The lowest BCUT2D eigenvalue weighted by molar-refractivity contribution is -0.131. The second-order valence-electron chi connectivity index (χ2n) is 7.40. The largest absolute Gasteiger partial charge is 0.497 e. The summed E-state index contributed by atoms with van der Waals surface area (Å²) < 4.78 is 12.0. The van der Waals surface area contributed by atoms with E-state index in [4.69, 9.17) is 9.15 Å². The summed E-state index contributed by atoms with van der Waals surface area (Å²) in [4.78, 5) is 29.3. The molecule has 7 heteroatoms. The highest BCUT2D eigenvalue weighted by Gasteiger charge is 2.28. The second-order valence-corrected chi connectivity index (χ2v) is 8.31. The van der Waals surface area contributed by atoms with Gasteiger partial charge in [-0.25, -0.2) is 0 Å². The van der Waals surface area contributed by atoms with Crippen molar-refractivity contribution in [3.05, 3.63) is 63.8 Å². The standard InChI is InChI=1S/C23H23BrN2O4/c1-15-19-14-17(24)6-7-20(19)30-22(15)23(28)26-10-8-25(9-11-26)21(27)13-16-4-3-5-18(12-16)29-2/h3-7,12,14H,8-11,13H2,1-2H3. The van der Waals surface area contributed by atoms with Crippen molar-refractivity contribution in [3.63, 3.8) is 0 Å². The first kappa shape index (κ1) is 20.5. The van der Waals surface area contributed by atoms with Crippen molar-refractivity contribution in [3.8, 4) is 5.75 Å². The van der Waals surface area contributed by atoms with Crippen LogP contribution >= 0.6 is 15.9 Å². The highest BCUT2D eigenvalue weighted by Crippen LogP contribution is 2.29. The molecule has 1 saturated heterocycles. The molecule has 30 heavy (non-hydrogen) atoms. The van der Waals surface area contributed by atoms with E-state index in [1.165, 1.54) is 0 Å². The third-order valence-electron chi connectivity index (χ3n) is 5.50. The molecule has 3 aromatic rings. The molecule has 4 rings (SSSR count). The number of carbonyl (C=O) groups excluding carboxylic acids is 2. The van der Waals surface area contributed by atoms with Crippen molar-refractivity contribution in [2.75, 3.05) is 33.3 Å². The van der Waals surface area contributed by atoms with Gasteiger partial charge in [0, 0.05) is 41.6 Å². The Morgan fingerprint density at radius 2 is 1.80 bits per heavy atom. The van der Waals surface area contributed by atoms with Crippen LogP contribution in [0.25, 0.3) is 11.0 Å². The van der Waals surface area contributed by atoms with Gasteiger partial charge in [-0.3, -0.25) is 9.59 Å². The maximum atomic E-state index is 13.0. The van der Waals surface area contributed by atoms with Crippen LogP contribution in [0.4, 0.5) is 0 Å². The number of benzene rings is 2. The first-order valence-corrected chi connectivity index (χ1v) is 10.6. The Bertz CT molecular complexity index is 1100. The minimum atomic E-state index is -0.125. The average Bonchev–Trinajstić information content (AvgIpc) is 3.09. The van der Waals surface area contributed by atoms with E-state index in [0.717, 1.165) is 26.7 Å². The normalized spacial score (nSPS) is 14.2. The predicted molar refractivity (Wildman–Crippen MR) is 118 cm³/mol. The number of hydrogen-bond donors (Lipinski definition) is 0. The van der Waals surface area contributed by atoms with Crippen LogP contribution < -0.4 is 4.74 Å². The Morgan fingerprint density at radius 1 is 1.07 bits per heavy atom. The molecule has 2 aromatic carbocycles. The monoisotopic (exact) mass is 470 g/mol. The van der Waals surface area contributed by atoms with E-state index in [0.29, 0.717) is 43.9 Å². The molecule has 1 aliphatic heterocycles. The Morgan fingerprint density at radius 3 is 2.53 bits per heavy atom. The summed E-state index contributed by atoms with van der Waals surface area (Å²) in [6.07, 6.45) is 0.322. The summed E-state index contributed by atoms with van der Waals surface area (Å²) >= 11 is 3.46. The van der Waals surface area contributed by atoms with Crippen LogP contribution in [0.15, 0.2) is 51.4 Å². The van der Waals surface area contributed by atoms with Crippen molar-refractivity contribution in [2.24, 2.45) is 0 Å².